The molecule has 2 fully saturated rings. The zero-order valence-corrected chi connectivity index (χ0v) is 14.9. The van der Waals surface area contributed by atoms with Gasteiger partial charge in [0.15, 0.2) is 0 Å². The molecular formula is C19H22N4O4. The maximum absolute atomic E-state index is 12.8. The fourth-order valence-corrected chi connectivity index (χ4v) is 4.00. The zero-order chi connectivity index (χ0) is 19.1. The third-order valence-corrected chi connectivity index (χ3v) is 5.79. The number of benzene rings is 1. The Labute approximate surface area is 156 Å². The van der Waals surface area contributed by atoms with Gasteiger partial charge in [-0.1, -0.05) is 6.07 Å². The lowest BCUT2D eigenvalue weighted by Crippen LogP contribution is -2.54. The van der Waals surface area contributed by atoms with Gasteiger partial charge in [-0.25, -0.2) is 0 Å². The van der Waals surface area contributed by atoms with Crippen LogP contribution < -0.4 is 16.4 Å². The van der Waals surface area contributed by atoms with Crippen molar-refractivity contribution in [3.63, 3.8) is 0 Å². The molecule has 1 saturated heterocycles. The van der Waals surface area contributed by atoms with Crippen molar-refractivity contribution in [2.45, 2.75) is 44.3 Å². The fourth-order valence-electron chi connectivity index (χ4n) is 4.00. The molecule has 3 aliphatic rings. The molecule has 1 aromatic carbocycles. The largest absolute Gasteiger partial charge is 0.330 e. The van der Waals surface area contributed by atoms with Crippen LogP contribution in [0.4, 0.5) is 0 Å². The predicted molar refractivity (Wildman–Crippen MR) is 95.5 cm³/mol. The highest BCUT2D eigenvalue weighted by Crippen LogP contribution is 2.29. The van der Waals surface area contributed by atoms with E-state index in [0.29, 0.717) is 36.2 Å². The molecule has 27 heavy (non-hydrogen) atoms. The molecule has 1 aromatic rings. The molecule has 1 saturated carbocycles. The van der Waals surface area contributed by atoms with E-state index < -0.39 is 23.8 Å². The van der Waals surface area contributed by atoms with Gasteiger partial charge in [0.1, 0.15) is 6.04 Å². The number of imide groups is 2. The number of hydrogen-bond acceptors (Lipinski definition) is 6. The Balaban J connectivity index is 1.50. The number of nitrogens with zero attached hydrogens (tertiary/aromatic N) is 1. The second kappa shape index (κ2) is 6.86. The molecule has 1 aliphatic carbocycles. The molecular weight excluding hydrogens is 348 g/mol. The number of rotatable bonds is 5. The first-order chi connectivity index (χ1) is 13.0. The first-order valence-electron chi connectivity index (χ1n) is 9.27. The van der Waals surface area contributed by atoms with Crippen LogP contribution in [0, 0.1) is 5.92 Å². The summed E-state index contributed by atoms with van der Waals surface area (Å²) in [6.07, 6.45) is 2.50. The Morgan fingerprint density at radius 2 is 1.85 bits per heavy atom. The molecule has 4 amide bonds. The van der Waals surface area contributed by atoms with Gasteiger partial charge in [0, 0.05) is 19.0 Å². The van der Waals surface area contributed by atoms with Crippen molar-refractivity contribution in [1.82, 2.24) is 15.5 Å². The van der Waals surface area contributed by atoms with Crippen LogP contribution in [0.2, 0.25) is 0 Å². The molecule has 0 spiro atoms. The van der Waals surface area contributed by atoms with Gasteiger partial charge in [0.2, 0.25) is 11.8 Å². The fraction of sp³-hybridized carbons (Fsp3) is 0.474. The molecule has 8 nitrogen and oxygen atoms in total. The number of carbonyl (C=O) groups excluding carboxylic acids is 4. The summed E-state index contributed by atoms with van der Waals surface area (Å²) in [5, 5.41) is 5.65. The maximum Gasteiger partial charge on any atom is 0.262 e. The molecule has 4 N–H and O–H groups in total. The summed E-state index contributed by atoms with van der Waals surface area (Å²) in [4.78, 5) is 49.8. The molecule has 1 unspecified atom stereocenters. The lowest BCUT2D eigenvalue weighted by molar-refractivity contribution is -0.136. The number of piperidine rings is 1. The van der Waals surface area contributed by atoms with Gasteiger partial charge >= 0.3 is 0 Å². The Hall–Kier alpha value is -2.58. The number of hydrogen-bond donors (Lipinski definition) is 3. The van der Waals surface area contributed by atoms with Gasteiger partial charge in [0.05, 0.1) is 11.1 Å². The van der Waals surface area contributed by atoms with Crippen molar-refractivity contribution >= 4 is 23.6 Å². The minimum atomic E-state index is -0.933. The van der Waals surface area contributed by atoms with Crippen LogP contribution in [0.5, 0.6) is 0 Å². The van der Waals surface area contributed by atoms with E-state index in [-0.39, 0.29) is 18.7 Å². The van der Waals surface area contributed by atoms with E-state index in [9.17, 15) is 19.2 Å². The minimum absolute atomic E-state index is 0.114. The van der Waals surface area contributed by atoms with Crippen molar-refractivity contribution in [2.24, 2.45) is 11.7 Å². The van der Waals surface area contributed by atoms with Gasteiger partial charge in [-0.15, -0.1) is 0 Å². The summed E-state index contributed by atoms with van der Waals surface area (Å²) >= 11 is 0. The van der Waals surface area contributed by atoms with E-state index in [4.69, 9.17) is 5.73 Å². The van der Waals surface area contributed by atoms with Crippen LogP contribution in [0.3, 0.4) is 0 Å². The number of carbonyl (C=O) groups is 4. The first kappa shape index (κ1) is 17.8. The topological polar surface area (TPSA) is 122 Å². The summed E-state index contributed by atoms with van der Waals surface area (Å²) in [6, 6.07) is 4.63. The molecule has 0 radical (unpaired) electrons. The van der Waals surface area contributed by atoms with Gasteiger partial charge in [-0.3, -0.25) is 29.4 Å². The molecule has 0 aromatic heterocycles. The lowest BCUT2D eigenvalue weighted by Gasteiger charge is -2.36. The van der Waals surface area contributed by atoms with E-state index in [0.717, 1.165) is 23.3 Å². The van der Waals surface area contributed by atoms with Crippen LogP contribution >= 0.6 is 0 Å². The van der Waals surface area contributed by atoms with E-state index in [2.05, 4.69) is 10.6 Å². The van der Waals surface area contributed by atoms with Crippen molar-refractivity contribution in [1.29, 1.82) is 0 Å². The summed E-state index contributed by atoms with van der Waals surface area (Å²) in [6.45, 7) is 1.25. The van der Waals surface area contributed by atoms with E-state index in [1.165, 1.54) is 0 Å². The second-order valence-corrected chi connectivity index (χ2v) is 7.39. The highest BCUT2D eigenvalue weighted by atomic mass is 16.2. The molecule has 142 valence electrons. The third-order valence-electron chi connectivity index (χ3n) is 5.79. The van der Waals surface area contributed by atoms with Gasteiger partial charge in [-0.05, 0) is 49.4 Å². The van der Waals surface area contributed by atoms with Crippen LogP contribution in [-0.2, 0) is 16.1 Å². The quantitative estimate of drug-likeness (QED) is 0.623. The average Bonchev–Trinajstić information content (AvgIpc) is 2.86. The molecule has 4 rings (SSSR count). The standard InChI is InChI=1S/C19H22N4O4/c20-8-11-2-4-14(11)21-9-10-1-3-12-13(7-10)19(27)23(18(12)26)15-5-6-16(24)22-17(15)25/h1,3,7,11,14-15,21H,2,4-6,8-9,20H2,(H,22,24,25)/t11-,14-,15?/m0/s1. The molecule has 2 aliphatic heterocycles. The average molecular weight is 370 g/mol. The highest BCUT2D eigenvalue weighted by Gasteiger charge is 2.44. The van der Waals surface area contributed by atoms with Gasteiger partial charge < -0.3 is 11.1 Å². The first-order valence-corrected chi connectivity index (χ1v) is 9.27. The normalized spacial score (nSPS) is 27.4. The molecule has 0 bridgehead atoms. The maximum atomic E-state index is 12.8. The third kappa shape index (κ3) is 3.04. The predicted octanol–water partition coefficient (Wildman–Crippen LogP) is -0.0853. The monoisotopic (exact) mass is 370 g/mol. The van der Waals surface area contributed by atoms with Crippen molar-refractivity contribution in [3.05, 3.63) is 34.9 Å². The van der Waals surface area contributed by atoms with Gasteiger partial charge in [-0.2, -0.15) is 0 Å². The van der Waals surface area contributed by atoms with Crippen LogP contribution in [0.1, 0.15) is 52.0 Å². The molecule has 8 heteroatoms. The van der Waals surface area contributed by atoms with Crippen LogP contribution in [0.15, 0.2) is 18.2 Å². The SMILES string of the molecule is NC[C@@H]1CC[C@@H]1NCc1ccc2c(c1)C(=O)N(C1CCC(=O)NC1=O)C2=O. The Bertz CT molecular complexity index is 835. The summed E-state index contributed by atoms with van der Waals surface area (Å²) in [5.41, 5.74) is 7.25. The number of fused-ring (bicyclic) bond motifs is 1. The summed E-state index contributed by atoms with van der Waals surface area (Å²) in [5.74, 6) is -1.44. The highest BCUT2D eigenvalue weighted by molar-refractivity contribution is 6.23. The summed E-state index contributed by atoms with van der Waals surface area (Å²) < 4.78 is 0. The van der Waals surface area contributed by atoms with E-state index in [1.807, 2.05) is 6.07 Å². The van der Waals surface area contributed by atoms with E-state index in [1.54, 1.807) is 12.1 Å². The smallest absolute Gasteiger partial charge is 0.262 e. The van der Waals surface area contributed by atoms with Gasteiger partial charge in [0.25, 0.3) is 11.8 Å². The van der Waals surface area contributed by atoms with Crippen LogP contribution in [-0.4, -0.2) is 47.2 Å². The minimum Gasteiger partial charge on any atom is -0.330 e. The Morgan fingerprint density at radius 3 is 2.52 bits per heavy atom. The molecule has 2 heterocycles. The van der Waals surface area contributed by atoms with E-state index >= 15 is 0 Å². The number of nitrogens with two attached hydrogens (primary N) is 1. The Kier molecular flexibility index (Phi) is 4.53. The second-order valence-electron chi connectivity index (χ2n) is 7.39. The van der Waals surface area contributed by atoms with Crippen molar-refractivity contribution < 1.29 is 19.2 Å². The zero-order valence-electron chi connectivity index (χ0n) is 14.9. The lowest BCUT2D eigenvalue weighted by atomic mass is 9.79. The summed E-state index contributed by atoms with van der Waals surface area (Å²) in [7, 11) is 0. The number of amides is 4. The van der Waals surface area contributed by atoms with Crippen molar-refractivity contribution in [3.8, 4) is 0 Å². The van der Waals surface area contributed by atoms with Crippen molar-refractivity contribution in [2.75, 3.05) is 6.54 Å². The number of nitrogens with one attached hydrogen (secondary N) is 2. The van der Waals surface area contributed by atoms with Crippen LogP contribution in [0.25, 0.3) is 0 Å². The Morgan fingerprint density at radius 1 is 1.07 bits per heavy atom. The molecule has 3 atom stereocenters.